The summed E-state index contributed by atoms with van der Waals surface area (Å²) in [6.45, 7) is 3.68. The number of hydrogen-bond donors (Lipinski definition) is 2. The van der Waals surface area contributed by atoms with Gasteiger partial charge >= 0.3 is 36.7 Å². The van der Waals surface area contributed by atoms with Crippen molar-refractivity contribution in [3.05, 3.63) is 84.0 Å². The molecule has 0 atom stereocenters. The van der Waals surface area contributed by atoms with Crippen molar-refractivity contribution in [1.29, 1.82) is 0 Å². The van der Waals surface area contributed by atoms with Crippen LogP contribution in [0.1, 0.15) is 57.1 Å². The number of rotatable bonds is 4. The van der Waals surface area contributed by atoms with Crippen molar-refractivity contribution in [2.75, 3.05) is 0 Å². The van der Waals surface area contributed by atoms with Crippen LogP contribution >= 0.6 is 0 Å². The van der Waals surface area contributed by atoms with Gasteiger partial charge in [-0.3, -0.25) is 15.7 Å². The Hall–Kier alpha value is -2.56. The number of allylic oxidation sites excluding steroid dienone is 4. The smallest absolute Gasteiger partial charge is 0.0253 e. The minimum absolute atomic E-state index is 0.292. The molecule has 5 heteroatoms. The van der Waals surface area contributed by atoms with Crippen LogP contribution in [-0.2, 0) is 36.0 Å². The van der Waals surface area contributed by atoms with E-state index in [1.807, 2.05) is 32.1 Å². The summed E-state index contributed by atoms with van der Waals surface area (Å²) in [7, 11) is 0. The molecule has 0 amide bonds. The summed E-state index contributed by atoms with van der Waals surface area (Å²) in [6.07, 6.45) is 13.1. The minimum Gasteiger partial charge on any atom is -0.179 e. The van der Waals surface area contributed by atoms with Crippen LogP contribution in [0.4, 0.5) is 0 Å². The summed E-state index contributed by atoms with van der Waals surface area (Å²) >= 11 is 1.75. The van der Waals surface area contributed by atoms with Crippen molar-refractivity contribution in [2.45, 2.75) is 52.4 Å². The SMILES string of the molecule is CCCC(=O)O.CCCC(=O)O.[C-]1=CC=CC1.[CH2]=[Ti+2].[c-]1cccc2c1Cc1ccccc1-2. The number of hydrogen-bond acceptors (Lipinski definition) is 2. The fraction of sp³-hybridized carbons (Fsp3) is 0.296. The Labute approximate surface area is 203 Å². The normalized spacial score (nSPS) is 11.0. The van der Waals surface area contributed by atoms with Crippen LogP contribution in [0, 0.1) is 12.1 Å². The Balaban J connectivity index is 0.000000432. The maximum absolute atomic E-state index is 9.60. The average Bonchev–Trinajstić information content (AvgIpc) is 3.48. The summed E-state index contributed by atoms with van der Waals surface area (Å²) in [5, 5.41) is 15.8. The Morgan fingerprint density at radius 3 is 2.00 bits per heavy atom. The van der Waals surface area contributed by atoms with Gasteiger partial charge in [0, 0.05) is 12.8 Å². The van der Waals surface area contributed by atoms with Gasteiger partial charge in [-0.05, 0) is 19.3 Å². The average molecular weight is 468 g/mol. The second-order valence-electron chi connectivity index (χ2n) is 6.69. The van der Waals surface area contributed by atoms with Gasteiger partial charge in [-0.2, -0.15) is 35.9 Å². The molecule has 4 nitrogen and oxygen atoms in total. The third-order valence-corrected chi connectivity index (χ3v) is 4.13. The number of fused-ring (bicyclic) bond motifs is 3. The van der Waals surface area contributed by atoms with Gasteiger partial charge in [0.25, 0.3) is 0 Å². The molecule has 0 aromatic heterocycles. The van der Waals surface area contributed by atoms with Gasteiger partial charge < -0.3 is 10.2 Å². The Morgan fingerprint density at radius 1 is 0.969 bits per heavy atom. The molecule has 2 aliphatic rings. The predicted octanol–water partition coefficient (Wildman–Crippen LogP) is 6.07. The van der Waals surface area contributed by atoms with Gasteiger partial charge in [0.05, 0.1) is 0 Å². The molecule has 2 aromatic carbocycles. The van der Waals surface area contributed by atoms with Crippen molar-refractivity contribution in [3.8, 4) is 11.1 Å². The first kappa shape index (κ1) is 29.4. The van der Waals surface area contributed by atoms with E-state index >= 15 is 0 Å². The molecule has 0 bridgehead atoms. The van der Waals surface area contributed by atoms with E-state index in [0.717, 1.165) is 25.7 Å². The molecule has 2 aromatic rings. The first-order valence-electron chi connectivity index (χ1n) is 10.6. The van der Waals surface area contributed by atoms with Crippen molar-refractivity contribution in [3.63, 3.8) is 0 Å². The van der Waals surface area contributed by atoms with E-state index in [0.29, 0.717) is 12.8 Å². The molecule has 0 saturated carbocycles. The van der Waals surface area contributed by atoms with Gasteiger partial charge in [0.1, 0.15) is 0 Å². The van der Waals surface area contributed by atoms with Crippen molar-refractivity contribution >= 4 is 16.8 Å². The molecule has 2 aliphatic carbocycles. The van der Waals surface area contributed by atoms with Crippen LogP contribution < -0.4 is 0 Å². The molecular formula is C27H32O4Ti. The number of benzene rings is 2. The number of carboxylic acids is 2. The monoisotopic (exact) mass is 468 g/mol. The van der Waals surface area contributed by atoms with Gasteiger partial charge in [0.15, 0.2) is 0 Å². The fourth-order valence-corrected chi connectivity index (χ4v) is 2.77. The molecule has 0 aliphatic heterocycles. The summed E-state index contributed by atoms with van der Waals surface area (Å²) in [5.41, 5.74) is 5.51. The molecular weight excluding hydrogens is 436 g/mol. The van der Waals surface area contributed by atoms with E-state index in [1.54, 1.807) is 20.0 Å². The van der Waals surface area contributed by atoms with E-state index in [1.165, 1.54) is 22.3 Å². The maximum atomic E-state index is 9.60. The minimum atomic E-state index is -0.711. The molecule has 0 heterocycles. The third-order valence-electron chi connectivity index (χ3n) is 4.13. The zero-order valence-electron chi connectivity index (χ0n) is 18.9. The zero-order chi connectivity index (χ0) is 24.2. The first-order valence-corrected chi connectivity index (χ1v) is 11.7. The number of carboxylic acid groups (broad SMARTS) is 2. The molecule has 0 unspecified atom stereocenters. The number of carbonyl (C=O) groups is 2. The second-order valence-corrected chi connectivity index (χ2v) is 6.69. The molecule has 0 spiro atoms. The van der Waals surface area contributed by atoms with E-state index in [2.05, 4.69) is 59.4 Å². The van der Waals surface area contributed by atoms with Crippen molar-refractivity contribution in [1.82, 2.24) is 0 Å². The van der Waals surface area contributed by atoms with Crippen molar-refractivity contribution < 1.29 is 39.8 Å². The van der Waals surface area contributed by atoms with Gasteiger partial charge in [-0.25, -0.2) is 12.2 Å². The molecule has 2 N–H and O–H groups in total. The van der Waals surface area contributed by atoms with Crippen molar-refractivity contribution in [2.24, 2.45) is 0 Å². The third kappa shape index (κ3) is 13.0. The van der Waals surface area contributed by atoms with E-state index in [4.69, 9.17) is 10.2 Å². The van der Waals surface area contributed by atoms with Crippen LogP contribution in [-0.4, -0.2) is 27.0 Å². The van der Waals surface area contributed by atoms with Gasteiger partial charge in [0.2, 0.25) is 0 Å². The maximum Gasteiger partial charge on any atom is -0.0253 e. The standard InChI is InChI=1S/C13H9.C5H5.2C4H8O2.CH2.Ti/c1-3-7-12-10(5-1)9-11-6-2-4-8-13(11)12;1-2-4-5-3-1;2*1-2-3-4(5)6;;/h1-5,7-8H,9H2;1-3H,4H2;2*2-3H2,1H3,(H,5,6);1H2;/q2*-1;;;;+2. The summed E-state index contributed by atoms with van der Waals surface area (Å²) in [5.74, 6) is -1.42. The van der Waals surface area contributed by atoms with Crippen LogP contribution in [0.5, 0.6) is 0 Å². The van der Waals surface area contributed by atoms with Crippen LogP contribution in [0.2, 0.25) is 0 Å². The Bertz CT molecular complexity index is 802. The molecule has 0 saturated heterocycles. The topological polar surface area (TPSA) is 74.6 Å². The molecule has 0 radical (unpaired) electrons. The van der Waals surface area contributed by atoms with E-state index < -0.39 is 11.9 Å². The van der Waals surface area contributed by atoms with Gasteiger partial charge in [-0.15, -0.1) is 12.0 Å². The Kier molecular flexibility index (Phi) is 17.6. The molecule has 168 valence electrons. The molecule has 32 heavy (non-hydrogen) atoms. The summed E-state index contributed by atoms with van der Waals surface area (Å²) in [6, 6.07) is 18.1. The molecule has 0 fully saturated rings. The quantitative estimate of drug-likeness (QED) is 0.360. The summed E-state index contributed by atoms with van der Waals surface area (Å²) < 4.78 is 0. The van der Waals surface area contributed by atoms with E-state index in [-0.39, 0.29) is 0 Å². The fourth-order valence-electron chi connectivity index (χ4n) is 2.77. The summed E-state index contributed by atoms with van der Waals surface area (Å²) in [4.78, 5) is 22.4. The predicted molar refractivity (Wildman–Crippen MR) is 127 cm³/mol. The Morgan fingerprint density at radius 2 is 1.56 bits per heavy atom. The zero-order valence-corrected chi connectivity index (χ0v) is 20.5. The van der Waals surface area contributed by atoms with Crippen LogP contribution in [0.25, 0.3) is 11.1 Å². The second kappa shape index (κ2) is 19.2. The van der Waals surface area contributed by atoms with Gasteiger partial charge in [-0.1, -0.05) is 49.2 Å². The van der Waals surface area contributed by atoms with Crippen LogP contribution in [0.3, 0.4) is 0 Å². The first-order chi connectivity index (χ1) is 15.5. The van der Waals surface area contributed by atoms with E-state index in [9.17, 15) is 9.59 Å². The molecule has 4 rings (SSSR count). The van der Waals surface area contributed by atoms with Crippen LogP contribution in [0.15, 0.2) is 60.7 Å². The largest absolute Gasteiger partial charge is 0.179 e. The number of aliphatic carboxylic acids is 2.